The van der Waals surface area contributed by atoms with Crippen molar-refractivity contribution in [3.05, 3.63) is 48.3 Å². The van der Waals surface area contributed by atoms with E-state index in [4.69, 9.17) is 0 Å². The Kier molecular flexibility index (Phi) is 6.19. The molecule has 1 saturated heterocycles. The van der Waals surface area contributed by atoms with Gasteiger partial charge in [0.1, 0.15) is 0 Å². The van der Waals surface area contributed by atoms with Crippen molar-refractivity contribution in [1.29, 1.82) is 0 Å². The third-order valence-corrected chi connectivity index (χ3v) is 4.14. The monoisotopic (exact) mass is 334 g/mol. The van der Waals surface area contributed by atoms with E-state index >= 15 is 0 Å². The van der Waals surface area contributed by atoms with Crippen molar-refractivity contribution in [2.75, 3.05) is 6.54 Å². The van der Waals surface area contributed by atoms with Crippen LogP contribution in [0.3, 0.4) is 0 Å². The number of hydrogen-bond donors (Lipinski definition) is 2. The first-order valence-electron chi connectivity index (χ1n) is 7.88. The highest BCUT2D eigenvalue weighted by atomic mass is 35.5. The molecule has 2 atom stereocenters. The number of nitrogens with zero attached hydrogens (tertiary/aromatic N) is 2. The molecule has 23 heavy (non-hydrogen) atoms. The normalized spacial score (nSPS) is 18.7. The lowest BCUT2D eigenvalue weighted by Gasteiger charge is -2.25. The number of aromatic nitrogens is 2. The summed E-state index contributed by atoms with van der Waals surface area (Å²) in [4.78, 5) is 12.4. The van der Waals surface area contributed by atoms with Gasteiger partial charge in [0.2, 0.25) is 5.91 Å². The number of carbonyl (C=O) groups excluding carboxylic acids is 1. The average Bonchev–Trinajstić information content (AvgIpc) is 3.10. The van der Waals surface area contributed by atoms with E-state index in [1.807, 2.05) is 48.1 Å². The number of rotatable bonds is 4. The molecule has 0 bridgehead atoms. The molecule has 1 aromatic heterocycles. The van der Waals surface area contributed by atoms with Crippen LogP contribution in [0.15, 0.2) is 42.7 Å². The van der Waals surface area contributed by atoms with Crippen LogP contribution in [0.2, 0.25) is 0 Å². The molecule has 0 saturated carbocycles. The lowest BCUT2D eigenvalue weighted by molar-refractivity contribution is -0.124. The second kappa shape index (κ2) is 8.13. The summed E-state index contributed by atoms with van der Waals surface area (Å²) < 4.78 is 1.83. The Hall–Kier alpha value is -1.85. The predicted octanol–water partition coefficient (Wildman–Crippen LogP) is 2.61. The van der Waals surface area contributed by atoms with Gasteiger partial charge in [0.25, 0.3) is 0 Å². The third-order valence-electron chi connectivity index (χ3n) is 4.14. The Morgan fingerprint density at radius 1 is 1.35 bits per heavy atom. The van der Waals surface area contributed by atoms with E-state index in [0.717, 1.165) is 37.1 Å². The molecule has 3 rings (SSSR count). The molecule has 5 nitrogen and oxygen atoms in total. The Bertz CT molecular complexity index is 623. The Morgan fingerprint density at radius 2 is 2.17 bits per heavy atom. The number of amides is 1. The highest BCUT2D eigenvalue weighted by Crippen LogP contribution is 2.21. The van der Waals surface area contributed by atoms with Gasteiger partial charge in [-0.05, 0) is 44.0 Å². The van der Waals surface area contributed by atoms with E-state index in [2.05, 4.69) is 15.7 Å². The fraction of sp³-hybridized carbons (Fsp3) is 0.412. The number of hydrogen-bond acceptors (Lipinski definition) is 3. The molecule has 124 valence electrons. The molecule has 0 spiro atoms. The minimum atomic E-state index is -0.0620. The molecule has 1 fully saturated rings. The molecule has 1 aliphatic heterocycles. The van der Waals surface area contributed by atoms with Crippen LogP contribution < -0.4 is 10.6 Å². The van der Waals surface area contributed by atoms with Gasteiger partial charge < -0.3 is 10.6 Å². The Labute approximate surface area is 142 Å². The molecular weight excluding hydrogens is 312 g/mol. The van der Waals surface area contributed by atoms with Crippen molar-refractivity contribution < 1.29 is 4.79 Å². The summed E-state index contributed by atoms with van der Waals surface area (Å²) in [6, 6.07) is 9.80. The fourth-order valence-corrected chi connectivity index (χ4v) is 2.94. The summed E-state index contributed by atoms with van der Waals surface area (Å²) in [6.07, 6.45) is 6.85. The zero-order chi connectivity index (χ0) is 15.4. The van der Waals surface area contributed by atoms with Crippen molar-refractivity contribution >= 4 is 18.3 Å². The van der Waals surface area contributed by atoms with Gasteiger partial charge in [-0.2, -0.15) is 5.10 Å². The van der Waals surface area contributed by atoms with Crippen LogP contribution in [-0.2, 0) is 4.79 Å². The first-order chi connectivity index (χ1) is 10.8. The van der Waals surface area contributed by atoms with E-state index in [1.165, 1.54) is 0 Å². The maximum atomic E-state index is 12.4. The van der Waals surface area contributed by atoms with Crippen LogP contribution in [-0.4, -0.2) is 28.3 Å². The fourth-order valence-electron chi connectivity index (χ4n) is 2.94. The van der Waals surface area contributed by atoms with Crippen LogP contribution in [0.1, 0.15) is 37.8 Å². The lowest BCUT2D eigenvalue weighted by Crippen LogP contribution is -2.47. The van der Waals surface area contributed by atoms with E-state index in [-0.39, 0.29) is 30.4 Å². The summed E-state index contributed by atoms with van der Waals surface area (Å²) in [5.74, 6) is 0.0856. The van der Waals surface area contributed by atoms with E-state index in [1.54, 1.807) is 6.20 Å². The van der Waals surface area contributed by atoms with Gasteiger partial charge in [0.05, 0.1) is 17.8 Å². The van der Waals surface area contributed by atoms with Gasteiger partial charge in [-0.3, -0.25) is 4.79 Å². The molecule has 2 unspecified atom stereocenters. The van der Waals surface area contributed by atoms with Crippen LogP contribution >= 0.6 is 12.4 Å². The number of nitrogens with one attached hydrogen (secondary N) is 2. The zero-order valence-electron chi connectivity index (χ0n) is 13.2. The van der Waals surface area contributed by atoms with E-state index in [9.17, 15) is 4.79 Å². The molecule has 2 aromatic rings. The summed E-state index contributed by atoms with van der Waals surface area (Å²) in [5, 5.41) is 10.7. The van der Waals surface area contributed by atoms with Crippen molar-refractivity contribution in [1.82, 2.24) is 20.4 Å². The van der Waals surface area contributed by atoms with Crippen molar-refractivity contribution in [2.45, 2.75) is 38.3 Å². The van der Waals surface area contributed by atoms with Crippen molar-refractivity contribution in [2.24, 2.45) is 0 Å². The Balaban J connectivity index is 0.00000192. The van der Waals surface area contributed by atoms with Crippen LogP contribution in [0.25, 0.3) is 5.69 Å². The highest BCUT2D eigenvalue weighted by Gasteiger charge is 2.23. The quantitative estimate of drug-likeness (QED) is 0.903. The minimum Gasteiger partial charge on any atom is -0.348 e. The van der Waals surface area contributed by atoms with Crippen molar-refractivity contribution in [3.8, 4) is 5.69 Å². The molecule has 0 radical (unpaired) electrons. The Morgan fingerprint density at radius 3 is 2.87 bits per heavy atom. The predicted molar refractivity (Wildman–Crippen MR) is 93.0 cm³/mol. The summed E-state index contributed by atoms with van der Waals surface area (Å²) in [5.41, 5.74) is 2.06. The van der Waals surface area contributed by atoms with Crippen LogP contribution in [0.4, 0.5) is 0 Å². The van der Waals surface area contributed by atoms with E-state index < -0.39 is 0 Å². The maximum Gasteiger partial charge on any atom is 0.237 e. The molecule has 1 amide bonds. The zero-order valence-corrected chi connectivity index (χ0v) is 14.1. The molecule has 2 heterocycles. The number of para-hydroxylation sites is 1. The van der Waals surface area contributed by atoms with Crippen LogP contribution in [0.5, 0.6) is 0 Å². The largest absolute Gasteiger partial charge is 0.348 e. The molecule has 1 aliphatic rings. The molecular formula is C17H23ClN4O. The van der Waals surface area contributed by atoms with Crippen LogP contribution in [0, 0.1) is 0 Å². The van der Waals surface area contributed by atoms with Gasteiger partial charge in [-0.15, -0.1) is 12.4 Å². The number of piperidine rings is 1. The number of halogens is 1. The molecule has 2 N–H and O–H groups in total. The maximum absolute atomic E-state index is 12.4. The lowest BCUT2D eigenvalue weighted by atomic mass is 10.0. The molecule has 0 aliphatic carbocycles. The summed E-state index contributed by atoms with van der Waals surface area (Å²) in [6.45, 7) is 2.94. The minimum absolute atomic E-state index is 0. The second-order valence-electron chi connectivity index (χ2n) is 5.74. The van der Waals surface area contributed by atoms with Crippen molar-refractivity contribution in [3.63, 3.8) is 0 Å². The number of carbonyl (C=O) groups is 1. The average molecular weight is 335 g/mol. The first kappa shape index (κ1) is 17.5. The van der Waals surface area contributed by atoms with Gasteiger partial charge in [-0.1, -0.05) is 24.6 Å². The SMILES string of the molecule is CC(NC(=O)C1CCCCN1)c1ccccc1-n1cccn1.Cl. The smallest absolute Gasteiger partial charge is 0.237 e. The first-order valence-corrected chi connectivity index (χ1v) is 7.88. The standard InChI is InChI=1S/C17H22N4O.ClH/c1-13(20-17(22)15-8-4-5-10-18-15)14-7-2-3-9-16(14)21-12-6-11-19-21;/h2-3,6-7,9,11-13,15,18H,4-5,8,10H2,1H3,(H,20,22);1H. The third kappa shape index (κ3) is 4.12. The summed E-state index contributed by atoms with van der Waals surface area (Å²) in [7, 11) is 0. The highest BCUT2D eigenvalue weighted by molar-refractivity contribution is 5.85. The van der Waals surface area contributed by atoms with Gasteiger partial charge >= 0.3 is 0 Å². The molecule has 6 heteroatoms. The second-order valence-corrected chi connectivity index (χ2v) is 5.74. The van der Waals surface area contributed by atoms with Gasteiger partial charge in [0, 0.05) is 12.4 Å². The molecule has 1 aromatic carbocycles. The van der Waals surface area contributed by atoms with Gasteiger partial charge in [0.15, 0.2) is 0 Å². The summed E-state index contributed by atoms with van der Waals surface area (Å²) >= 11 is 0. The topological polar surface area (TPSA) is 59.0 Å². The van der Waals surface area contributed by atoms with Gasteiger partial charge in [-0.25, -0.2) is 4.68 Å². The van der Waals surface area contributed by atoms with E-state index in [0.29, 0.717) is 0 Å². The number of benzene rings is 1.